The molecule has 0 bridgehead atoms. The molecular weight excluding hydrogens is 302 g/mol. The van der Waals surface area contributed by atoms with Crippen molar-refractivity contribution in [1.29, 1.82) is 0 Å². The molecule has 2 fully saturated rings. The van der Waals surface area contributed by atoms with Crippen molar-refractivity contribution in [2.75, 3.05) is 39.3 Å². The molecule has 5 nitrogen and oxygen atoms in total. The van der Waals surface area contributed by atoms with Gasteiger partial charge in [0.2, 0.25) is 11.8 Å². The fraction of sp³-hybridized carbons (Fsp3) is 0.895. The average molecular weight is 338 g/mol. The van der Waals surface area contributed by atoms with E-state index in [1.165, 1.54) is 32.1 Å². The lowest BCUT2D eigenvalue weighted by Crippen LogP contribution is -2.52. The highest BCUT2D eigenvalue weighted by Gasteiger charge is 2.31. The Morgan fingerprint density at radius 2 is 1.67 bits per heavy atom. The first-order chi connectivity index (χ1) is 11.6. The Balaban J connectivity index is 1.68. The molecule has 0 aromatic carbocycles. The van der Waals surface area contributed by atoms with E-state index in [1.807, 2.05) is 11.8 Å². The van der Waals surface area contributed by atoms with Gasteiger partial charge in [-0.3, -0.25) is 14.5 Å². The minimum absolute atomic E-state index is 0.0858. The van der Waals surface area contributed by atoms with Crippen molar-refractivity contribution in [2.45, 2.75) is 58.8 Å². The summed E-state index contributed by atoms with van der Waals surface area (Å²) in [6, 6.07) is 0. The molecule has 0 unspecified atom stereocenters. The topological polar surface area (TPSA) is 52.7 Å². The van der Waals surface area contributed by atoms with Gasteiger partial charge in [-0.25, -0.2) is 0 Å². The highest BCUT2D eigenvalue weighted by molar-refractivity contribution is 5.79. The number of hydrogen-bond acceptors (Lipinski definition) is 3. The van der Waals surface area contributed by atoms with Gasteiger partial charge in [0.15, 0.2) is 0 Å². The van der Waals surface area contributed by atoms with Crippen LogP contribution in [0.5, 0.6) is 0 Å². The number of rotatable bonds is 7. The number of unbranched alkanes of at least 4 members (excludes halogenated alkanes) is 1. The van der Waals surface area contributed by atoms with Gasteiger partial charge in [0.25, 0.3) is 0 Å². The summed E-state index contributed by atoms with van der Waals surface area (Å²) >= 11 is 0. The van der Waals surface area contributed by atoms with Crippen LogP contribution in [0, 0.1) is 11.8 Å². The third-order valence-electron chi connectivity index (χ3n) is 5.59. The van der Waals surface area contributed by atoms with Crippen LogP contribution in [0.25, 0.3) is 0 Å². The van der Waals surface area contributed by atoms with Crippen LogP contribution in [0.1, 0.15) is 58.8 Å². The molecule has 0 aromatic heterocycles. The molecule has 1 N–H and O–H groups in total. The average Bonchev–Trinajstić information content (AvgIpc) is 2.60. The van der Waals surface area contributed by atoms with Gasteiger partial charge in [0.05, 0.1) is 6.54 Å². The number of hydrogen-bond donors (Lipinski definition) is 1. The summed E-state index contributed by atoms with van der Waals surface area (Å²) in [5.74, 6) is 1.55. The van der Waals surface area contributed by atoms with Gasteiger partial charge >= 0.3 is 0 Å². The van der Waals surface area contributed by atoms with Gasteiger partial charge < -0.3 is 10.2 Å². The predicted molar refractivity (Wildman–Crippen MR) is 96.7 cm³/mol. The summed E-state index contributed by atoms with van der Waals surface area (Å²) < 4.78 is 0. The Bertz CT molecular complexity index is 397. The lowest BCUT2D eigenvalue weighted by atomic mass is 9.79. The van der Waals surface area contributed by atoms with Gasteiger partial charge in [-0.15, -0.1) is 0 Å². The molecule has 24 heavy (non-hydrogen) atoms. The molecule has 0 radical (unpaired) electrons. The number of nitrogens with zero attached hydrogens (tertiary/aromatic N) is 2. The van der Waals surface area contributed by atoms with Crippen LogP contribution in [0.2, 0.25) is 0 Å². The van der Waals surface area contributed by atoms with Crippen LogP contribution < -0.4 is 5.32 Å². The SMILES string of the molecule is CCCCC1CCC(C(=O)N2CCN(CC(=O)NCC)CC2)CC1. The smallest absolute Gasteiger partial charge is 0.234 e. The van der Waals surface area contributed by atoms with E-state index in [-0.39, 0.29) is 11.8 Å². The minimum Gasteiger partial charge on any atom is -0.355 e. The van der Waals surface area contributed by atoms with Gasteiger partial charge in [-0.1, -0.05) is 26.2 Å². The first-order valence-corrected chi connectivity index (χ1v) is 9.91. The molecule has 2 rings (SSSR count). The Kier molecular flexibility index (Phi) is 8.03. The van der Waals surface area contributed by atoms with Crippen molar-refractivity contribution in [2.24, 2.45) is 11.8 Å². The Hall–Kier alpha value is -1.10. The minimum atomic E-state index is 0.0858. The molecular formula is C19H35N3O2. The van der Waals surface area contributed by atoms with Gasteiger partial charge in [0.1, 0.15) is 0 Å². The van der Waals surface area contributed by atoms with Crippen LogP contribution in [-0.2, 0) is 9.59 Å². The normalized spacial score (nSPS) is 25.5. The van der Waals surface area contributed by atoms with E-state index in [2.05, 4.69) is 17.1 Å². The van der Waals surface area contributed by atoms with E-state index >= 15 is 0 Å². The van der Waals surface area contributed by atoms with E-state index in [0.29, 0.717) is 19.0 Å². The van der Waals surface area contributed by atoms with Gasteiger partial charge in [0, 0.05) is 38.6 Å². The van der Waals surface area contributed by atoms with Crippen LogP contribution in [0.3, 0.4) is 0 Å². The number of nitrogens with one attached hydrogen (secondary N) is 1. The summed E-state index contributed by atoms with van der Waals surface area (Å²) in [6.45, 7) is 8.49. The number of carbonyl (C=O) groups excluding carboxylic acids is 2. The second kappa shape index (κ2) is 10.0. The summed E-state index contributed by atoms with van der Waals surface area (Å²) in [7, 11) is 0. The predicted octanol–water partition coefficient (Wildman–Crippen LogP) is 2.26. The lowest BCUT2D eigenvalue weighted by Gasteiger charge is -2.37. The fourth-order valence-electron chi connectivity index (χ4n) is 4.03. The van der Waals surface area contributed by atoms with Crippen LogP contribution >= 0.6 is 0 Å². The molecule has 0 atom stereocenters. The van der Waals surface area contributed by atoms with Gasteiger partial charge in [-0.05, 0) is 38.5 Å². The maximum atomic E-state index is 12.7. The molecule has 1 saturated heterocycles. The monoisotopic (exact) mass is 337 g/mol. The van der Waals surface area contributed by atoms with Crippen molar-refractivity contribution in [3.8, 4) is 0 Å². The Morgan fingerprint density at radius 3 is 2.25 bits per heavy atom. The summed E-state index contributed by atoms with van der Waals surface area (Å²) in [4.78, 5) is 28.6. The summed E-state index contributed by atoms with van der Waals surface area (Å²) in [6.07, 6.45) is 8.56. The molecule has 0 spiro atoms. The molecule has 1 aliphatic carbocycles. The van der Waals surface area contributed by atoms with E-state index < -0.39 is 0 Å². The maximum absolute atomic E-state index is 12.7. The molecule has 2 aliphatic rings. The molecule has 1 heterocycles. The maximum Gasteiger partial charge on any atom is 0.234 e. The molecule has 138 valence electrons. The van der Waals surface area contributed by atoms with Crippen molar-refractivity contribution in [3.05, 3.63) is 0 Å². The number of piperazine rings is 1. The zero-order valence-electron chi connectivity index (χ0n) is 15.6. The van der Waals surface area contributed by atoms with Gasteiger partial charge in [-0.2, -0.15) is 0 Å². The van der Waals surface area contributed by atoms with Crippen LogP contribution in [0.15, 0.2) is 0 Å². The Labute approximate surface area is 147 Å². The zero-order chi connectivity index (χ0) is 17.4. The third-order valence-corrected chi connectivity index (χ3v) is 5.59. The third kappa shape index (κ3) is 5.76. The second-order valence-electron chi connectivity index (χ2n) is 7.41. The van der Waals surface area contributed by atoms with Crippen molar-refractivity contribution >= 4 is 11.8 Å². The standard InChI is InChI=1S/C19H35N3O2/c1-3-5-6-16-7-9-17(10-8-16)19(24)22-13-11-21(12-14-22)15-18(23)20-4-2/h16-17H,3-15H2,1-2H3,(H,20,23). The first-order valence-electron chi connectivity index (χ1n) is 9.91. The molecule has 1 aliphatic heterocycles. The summed E-state index contributed by atoms with van der Waals surface area (Å²) in [5, 5.41) is 2.84. The number of amides is 2. The summed E-state index contributed by atoms with van der Waals surface area (Å²) in [5.41, 5.74) is 0. The van der Waals surface area contributed by atoms with Crippen molar-refractivity contribution in [1.82, 2.24) is 15.1 Å². The van der Waals surface area contributed by atoms with Crippen molar-refractivity contribution in [3.63, 3.8) is 0 Å². The Morgan fingerprint density at radius 1 is 1.00 bits per heavy atom. The van der Waals surface area contributed by atoms with Crippen LogP contribution in [-0.4, -0.2) is 60.9 Å². The second-order valence-corrected chi connectivity index (χ2v) is 7.41. The fourth-order valence-corrected chi connectivity index (χ4v) is 4.03. The molecule has 2 amide bonds. The lowest BCUT2D eigenvalue weighted by molar-refractivity contribution is -0.138. The largest absolute Gasteiger partial charge is 0.355 e. The van der Waals surface area contributed by atoms with Crippen LogP contribution in [0.4, 0.5) is 0 Å². The highest BCUT2D eigenvalue weighted by Crippen LogP contribution is 2.33. The van der Waals surface area contributed by atoms with E-state index in [9.17, 15) is 9.59 Å². The van der Waals surface area contributed by atoms with E-state index in [0.717, 1.165) is 44.9 Å². The molecule has 1 saturated carbocycles. The number of likely N-dealkylation sites (N-methyl/N-ethyl adjacent to an activating group) is 1. The molecule has 5 heteroatoms. The van der Waals surface area contributed by atoms with Crippen molar-refractivity contribution < 1.29 is 9.59 Å². The first kappa shape index (κ1) is 19.2. The quantitative estimate of drug-likeness (QED) is 0.775. The highest BCUT2D eigenvalue weighted by atomic mass is 16.2. The zero-order valence-corrected chi connectivity index (χ0v) is 15.6. The van der Waals surface area contributed by atoms with E-state index in [4.69, 9.17) is 0 Å². The van der Waals surface area contributed by atoms with E-state index in [1.54, 1.807) is 0 Å². The molecule has 0 aromatic rings. The number of carbonyl (C=O) groups is 2.